The van der Waals surface area contributed by atoms with Gasteiger partial charge in [-0.2, -0.15) is 0 Å². The first-order valence-electron chi connectivity index (χ1n) is 3.73. The number of halogens is 1. The van der Waals surface area contributed by atoms with Gasteiger partial charge in [0.25, 0.3) is 0 Å². The maximum atomic E-state index is 9.83. The highest BCUT2D eigenvalue weighted by atomic mass is 79.9. The SMILES string of the molecule is O=C/C=C/CC/C=C/CCBr. The molecule has 0 saturated heterocycles. The van der Waals surface area contributed by atoms with E-state index in [1.807, 2.05) is 6.08 Å². The van der Waals surface area contributed by atoms with Crippen LogP contribution >= 0.6 is 15.9 Å². The van der Waals surface area contributed by atoms with Gasteiger partial charge in [-0.15, -0.1) is 0 Å². The summed E-state index contributed by atoms with van der Waals surface area (Å²) in [5.41, 5.74) is 0. The van der Waals surface area contributed by atoms with Gasteiger partial charge in [0.2, 0.25) is 0 Å². The van der Waals surface area contributed by atoms with E-state index in [0.717, 1.165) is 30.9 Å². The molecule has 0 bridgehead atoms. The highest BCUT2D eigenvalue weighted by Crippen LogP contribution is 1.95. The van der Waals surface area contributed by atoms with Gasteiger partial charge in [0, 0.05) is 5.33 Å². The zero-order chi connectivity index (χ0) is 8.36. The van der Waals surface area contributed by atoms with Gasteiger partial charge in [-0.3, -0.25) is 4.79 Å². The normalized spacial score (nSPS) is 11.4. The van der Waals surface area contributed by atoms with Gasteiger partial charge in [-0.1, -0.05) is 34.2 Å². The number of allylic oxidation sites excluding steroid dienone is 4. The van der Waals surface area contributed by atoms with Crippen LogP contribution in [0.5, 0.6) is 0 Å². The topological polar surface area (TPSA) is 17.1 Å². The number of carbonyl (C=O) groups excluding carboxylic acids is 1. The van der Waals surface area contributed by atoms with Crippen LogP contribution in [0.4, 0.5) is 0 Å². The van der Waals surface area contributed by atoms with Gasteiger partial charge >= 0.3 is 0 Å². The van der Waals surface area contributed by atoms with Gasteiger partial charge in [0.15, 0.2) is 0 Å². The van der Waals surface area contributed by atoms with Crippen molar-refractivity contribution < 1.29 is 4.79 Å². The van der Waals surface area contributed by atoms with Crippen LogP contribution in [-0.2, 0) is 4.79 Å². The summed E-state index contributed by atoms with van der Waals surface area (Å²) in [4.78, 5) is 9.83. The number of carbonyl (C=O) groups is 1. The van der Waals surface area contributed by atoms with Crippen LogP contribution in [0.15, 0.2) is 24.3 Å². The lowest BCUT2D eigenvalue weighted by atomic mass is 10.2. The highest BCUT2D eigenvalue weighted by molar-refractivity contribution is 9.09. The van der Waals surface area contributed by atoms with E-state index >= 15 is 0 Å². The maximum absolute atomic E-state index is 9.83. The summed E-state index contributed by atoms with van der Waals surface area (Å²) in [6, 6.07) is 0. The first-order chi connectivity index (χ1) is 5.41. The molecule has 0 unspecified atom stereocenters. The molecule has 0 atom stereocenters. The van der Waals surface area contributed by atoms with Crippen LogP contribution < -0.4 is 0 Å². The molecule has 0 N–H and O–H groups in total. The van der Waals surface area contributed by atoms with Crippen molar-refractivity contribution in [3.63, 3.8) is 0 Å². The second kappa shape index (κ2) is 9.63. The van der Waals surface area contributed by atoms with E-state index in [-0.39, 0.29) is 0 Å². The van der Waals surface area contributed by atoms with Gasteiger partial charge in [-0.25, -0.2) is 0 Å². The first kappa shape index (κ1) is 10.6. The number of hydrogen-bond donors (Lipinski definition) is 0. The molecule has 0 amide bonds. The molecule has 0 radical (unpaired) electrons. The zero-order valence-electron chi connectivity index (χ0n) is 6.50. The molecule has 0 heterocycles. The fraction of sp³-hybridized carbons (Fsp3) is 0.444. The van der Waals surface area contributed by atoms with E-state index in [1.54, 1.807) is 6.08 Å². The molecule has 1 nitrogen and oxygen atoms in total. The molecule has 0 aliphatic rings. The number of aldehydes is 1. The summed E-state index contributed by atoms with van der Waals surface area (Å²) in [5.74, 6) is 0. The van der Waals surface area contributed by atoms with Crippen molar-refractivity contribution in [2.75, 3.05) is 5.33 Å². The summed E-state index contributed by atoms with van der Waals surface area (Å²) in [6.45, 7) is 0. The van der Waals surface area contributed by atoms with Crippen molar-refractivity contribution in [3.05, 3.63) is 24.3 Å². The second-order valence-electron chi connectivity index (χ2n) is 2.09. The Labute approximate surface area is 76.3 Å². The molecule has 0 aliphatic heterocycles. The number of unbranched alkanes of at least 4 members (excludes halogenated alkanes) is 1. The minimum Gasteiger partial charge on any atom is -0.299 e. The molecule has 0 aromatic rings. The Balaban J connectivity index is 3.12. The van der Waals surface area contributed by atoms with Crippen LogP contribution in [0.2, 0.25) is 0 Å². The first-order valence-corrected chi connectivity index (χ1v) is 4.85. The summed E-state index contributed by atoms with van der Waals surface area (Å²) < 4.78 is 0. The molecule has 0 saturated carbocycles. The summed E-state index contributed by atoms with van der Waals surface area (Å²) in [5, 5.41) is 1.02. The number of alkyl halides is 1. The van der Waals surface area contributed by atoms with Crippen molar-refractivity contribution in [2.45, 2.75) is 19.3 Å². The molecule has 0 spiro atoms. The van der Waals surface area contributed by atoms with Gasteiger partial charge < -0.3 is 0 Å². The predicted octanol–water partition coefficient (Wildman–Crippen LogP) is 2.86. The maximum Gasteiger partial charge on any atom is 0.142 e. The zero-order valence-corrected chi connectivity index (χ0v) is 8.09. The molecule has 0 aliphatic carbocycles. The Bertz CT molecular complexity index is 138. The molecule has 62 valence electrons. The van der Waals surface area contributed by atoms with Crippen molar-refractivity contribution in [1.29, 1.82) is 0 Å². The third-order valence-electron chi connectivity index (χ3n) is 1.16. The average Bonchev–Trinajstić information content (AvgIpc) is 2.03. The predicted molar refractivity (Wildman–Crippen MR) is 52.0 cm³/mol. The van der Waals surface area contributed by atoms with E-state index in [9.17, 15) is 4.79 Å². The number of rotatable bonds is 6. The lowest BCUT2D eigenvalue weighted by Gasteiger charge is -1.84. The Hall–Kier alpha value is -0.370. The van der Waals surface area contributed by atoms with Crippen molar-refractivity contribution in [1.82, 2.24) is 0 Å². The summed E-state index contributed by atoms with van der Waals surface area (Å²) >= 11 is 3.33. The van der Waals surface area contributed by atoms with E-state index in [4.69, 9.17) is 0 Å². The Kier molecular flexibility index (Phi) is 9.31. The minimum absolute atomic E-state index is 0.808. The second-order valence-corrected chi connectivity index (χ2v) is 2.88. The van der Waals surface area contributed by atoms with Crippen molar-refractivity contribution >= 4 is 22.2 Å². The largest absolute Gasteiger partial charge is 0.299 e. The van der Waals surface area contributed by atoms with E-state index in [1.165, 1.54) is 0 Å². The molecule has 0 fully saturated rings. The van der Waals surface area contributed by atoms with Crippen LogP contribution in [0, 0.1) is 0 Å². The molecular weight excluding hydrogens is 204 g/mol. The smallest absolute Gasteiger partial charge is 0.142 e. The van der Waals surface area contributed by atoms with Crippen molar-refractivity contribution in [3.8, 4) is 0 Å². The number of hydrogen-bond acceptors (Lipinski definition) is 1. The monoisotopic (exact) mass is 216 g/mol. The molecule has 0 aromatic carbocycles. The molecule has 2 heteroatoms. The Morgan fingerprint density at radius 3 is 2.27 bits per heavy atom. The van der Waals surface area contributed by atoms with Crippen molar-refractivity contribution in [2.24, 2.45) is 0 Å². The molecular formula is C9H13BrO. The minimum atomic E-state index is 0.808. The standard InChI is InChI=1S/C9H13BrO/c10-8-6-4-2-1-3-5-7-9-11/h2,4-5,7,9H,1,3,6,8H2/b4-2+,7-5+. The molecule has 0 aromatic heterocycles. The third-order valence-corrected chi connectivity index (χ3v) is 1.61. The summed E-state index contributed by atoms with van der Waals surface area (Å²) in [6.07, 6.45) is 11.6. The van der Waals surface area contributed by atoms with E-state index in [2.05, 4.69) is 28.1 Å². The van der Waals surface area contributed by atoms with Gasteiger partial charge in [0.05, 0.1) is 0 Å². The quantitative estimate of drug-likeness (QED) is 0.220. The molecule has 11 heavy (non-hydrogen) atoms. The van der Waals surface area contributed by atoms with Crippen LogP contribution in [0.25, 0.3) is 0 Å². The average molecular weight is 217 g/mol. The van der Waals surface area contributed by atoms with Crippen LogP contribution in [0.3, 0.4) is 0 Å². The lowest BCUT2D eigenvalue weighted by molar-refractivity contribution is -0.104. The Morgan fingerprint density at radius 1 is 1.00 bits per heavy atom. The fourth-order valence-corrected chi connectivity index (χ4v) is 0.907. The third kappa shape index (κ3) is 9.63. The van der Waals surface area contributed by atoms with Crippen LogP contribution in [-0.4, -0.2) is 11.6 Å². The highest BCUT2D eigenvalue weighted by Gasteiger charge is 1.76. The van der Waals surface area contributed by atoms with Gasteiger partial charge in [-0.05, 0) is 25.3 Å². The van der Waals surface area contributed by atoms with E-state index < -0.39 is 0 Å². The lowest BCUT2D eigenvalue weighted by Crippen LogP contribution is -1.68. The summed E-state index contributed by atoms with van der Waals surface area (Å²) in [7, 11) is 0. The van der Waals surface area contributed by atoms with Crippen LogP contribution in [0.1, 0.15) is 19.3 Å². The van der Waals surface area contributed by atoms with Gasteiger partial charge in [0.1, 0.15) is 6.29 Å². The fourth-order valence-electron chi connectivity index (χ4n) is 0.643. The Morgan fingerprint density at radius 2 is 1.64 bits per heavy atom. The molecule has 0 rings (SSSR count). The van der Waals surface area contributed by atoms with E-state index in [0.29, 0.717) is 0 Å².